The van der Waals surface area contributed by atoms with E-state index >= 15 is 0 Å². The van der Waals surface area contributed by atoms with Crippen molar-refractivity contribution in [3.8, 4) is 0 Å². The molecule has 0 saturated carbocycles. The predicted octanol–water partition coefficient (Wildman–Crippen LogP) is 1.94. The van der Waals surface area contributed by atoms with Crippen LogP contribution in [0.1, 0.15) is 12.5 Å². The summed E-state index contributed by atoms with van der Waals surface area (Å²) in [5, 5.41) is 11.2. The lowest BCUT2D eigenvalue weighted by Crippen LogP contribution is -2.49. The van der Waals surface area contributed by atoms with Crippen molar-refractivity contribution in [3.63, 3.8) is 0 Å². The molecule has 0 radical (unpaired) electrons. The zero-order chi connectivity index (χ0) is 19.1. The fourth-order valence-corrected chi connectivity index (χ4v) is 2.84. The van der Waals surface area contributed by atoms with Gasteiger partial charge in [0.1, 0.15) is 5.82 Å². The van der Waals surface area contributed by atoms with Crippen molar-refractivity contribution in [1.29, 1.82) is 0 Å². The second-order valence-electron chi connectivity index (χ2n) is 6.08. The quantitative estimate of drug-likeness (QED) is 0.827. The SMILES string of the molecule is CCOC(=O)N1CCN(c2nncc(NCCc3ccccc3F)n2)CC1. The molecule has 1 amide bonds. The Bertz CT molecular complexity index is 767. The number of hydrogen-bond acceptors (Lipinski definition) is 7. The number of halogens is 1. The Labute approximate surface area is 157 Å². The number of carbonyl (C=O) groups is 1. The molecule has 1 fully saturated rings. The van der Waals surface area contributed by atoms with E-state index in [1.54, 1.807) is 30.2 Å². The Kier molecular flexibility index (Phi) is 6.35. The van der Waals surface area contributed by atoms with Crippen LogP contribution >= 0.6 is 0 Å². The van der Waals surface area contributed by atoms with Gasteiger partial charge in [0, 0.05) is 32.7 Å². The second kappa shape index (κ2) is 9.11. The highest BCUT2D eigenvalue weighted by atomic mass is 19.1. The van der Waals surface area contributed by atoms with Gasteiger partial charge in [0.25, 0.3) is 0 Å². The Morgan fingerprint density at radius 3 is 2.78 bits per heavy atom. The van der Waals surface area contributed by atoms with Crippen LogP contribution in [0.2, 0.25) is 0 Å². The maximum Gasteiger partial charge on any atom is 0.409 e. The fourth-order valence-electron chi connectivity index (χ4n) is 2.84. The minimum absolute atomic E-state index is 0.208. The molecule has 2 aromatic rings. The summed E-state index contributed by atoms with van der Waals surface area (Å²) in [6.07, 6.45) is 1.80. The van der Waals surface area contributed by atoms with E-state index in [-0.39, 0.29) is 11.9 Å². The molecule has 1 aliphatic rings. The molecule has 1 N–H and O–H groups in total. The van der Waals surface area contributed by atoms with Crippen molar-refractivity contribution in [2.24, 2.45) is 0 Å². The zero-order valence-corrected chi connectivity index (χ0v) is 15.3. The molecule has 3 rings (SSSR count). The Balaban J connectivity index is 1.52. The number of rotatable bonds is 6. The molecule has 0 spiro atoms. The average Bonchev–Trinajstić information content (AvgIpc) is 2.70. The van der Waals surface area contributed by atoms with Gasteiger partial charge in [-0.25, -0.2) is 9.18 Å². The van der Waals surface area contributed by atoms with Gasteiger partial charge < -0.3 is 19.9 Å². The lowest BCUT2D eigenvalue weighted by Gasteiger charge is -2.33. The molecular weight excluding hydrogens is 351 g/mol. The molecule has 2 heterocycles. The van der Waals surface area contributed by atoms with E-state index in [1.807, 2.05) is 11.0 Å². The molecule has 1 saturated heterocycles. The van der Waals surface area contributed by atoms with Crippen molar-refractivity contribution >= 4 is 17.9 Å². The molecule has 0 atom stereocenters. The molecule has 1 aromatic heterocycles. The number of amides is 1. The van der Waals surface area contributed by atoms with Gasteiger partial charge in [0.05, 0.1) is 12.8 Å². The van der Waals surface area contributed by atoms with E-state index in [0.717, 1.165) is 0 Å². The molecule has 0 bridgehead atoms. The molecular formula is C18H23FN6O2. The van der Waals surface area contributed by atoms with Gasteiger partial charge in [0.2, 0.25) is 5.95 Å². The monoisotopic (exact) mass is 374 g/mol. The molecule has 1 aliphatic heterocycles. The van der Waals surface area contributed by atoms with Crippen LogP contribution < -0.4 is 10.2 Å². The van der Waals surface area contributed by atoms with Crippen LogP contribution in [0, 0.1) is 5.82 Å². The lowest BCUT2D eigenvalue weighted by atomic mass is 10.1. The van der Waals surface area contributed by atoms with Gasteiger partial charge in [-0.15, -0.1) is 5.10 Å². The van der Waals surface area contributed by atoms with Gasteiger partial charge >= 0.3 is 6.09 Å². The largest absolute Gasteiger partial charge is 0.450 e. The third-order valence-electron chi connectivity index (χ3n) is 4.29. The maximum atomic E-state index is 13.6. The third-order valence-corrected chi connectivity index (χ3v) is 4.29. The smallest absolute Gasteiger partial charge is 0.409 e. The Morgan fingerprint density at radius 2 is 2.04 bits per heavy atom. The van der Waals surface area contributed by atoms with Crippen LogP contribution in [0.3, 0.4) is 0 Å². The number of aromatic nitrogens is 3. The van der Waals surface area contributed by atoms with Crippen LogP contribution in [-0.4, -0.2) is 65.5 Å². The zero-order valence-electron chi connectivity index (χ0n) is 15.3. The van der Waals surface area contributed by atoms with Crippen molar-refractivity contribution in [3.05, 3.63) is 41.8 Å². The highest BCUT2D eigenvalue weighted by Crippen LogP contribution is 2.13. The number of ether oxygens (including phenoxy) is 1. The van der Waals surface area contributed by atoms with Gasteiger partial charge in [-0.05, 0) is 25.0 Å². The van der Waals surface area contributed by atoms with E-state index in [0.29, 0.717) is 63.1 Å². The summed E-state index contributed by atoms with van der Waals surface area (Å²) in [6.45, 7) is 5.01. The number of hydrogen-bond donors (Lipinski definition) is 1. The summed E-state index contributed by atoms with van der Waals surface area (Å²) in [7, 11) is 0. The van der Waals surface area contributed by atoms with Crippen LogP contribution in [0.15, 0.2) is 30.5 Å². The van der Waals surface area contributed by atoms with Crippen LogP contribution in [0.5, 0.6) is 0 Å². The molecule has 27 heavy (non-hydrogen) atoms. The Morgan fingerprint density at radius 1 is 1.26 bits per heavy atom. The van der Waals surface area contributed by atoms with Gasteiger partial charge in [-0.2, -0.15) is 10.1 Å². The molecule has 9 heteroatoms. The highest BCUT2D eigenvalue weighted by Gasteiger charge is 2.23. The minimum Gasteiger partial charge on any atom is -0.450 e. The van der Waals surface area contributed by atoms with E-state index in [2.05, 4.69) is 20.5 Å². The normalized spacial score (nSPS) is 14.1. The number of carbonyl (C=O) groups excluding carboxylic acids is 1. The number of anilines is 2. The van der Waals surface area contributed by atoms with Gasteiger partial charge in [-0.3, -0.25) is 0 Å². The van der Waals surface area contributed by atoms with E-state index in [9.17, 15) is 9.18 Å². The fraction of sp³-hybridized carbons (Fsp3) is 0.444. The second-order valence-corrected chi connectivity index (χ2v) is 6.08. The number of piperazine rings is 1. The van der Waals surface area contributed by atoms with Crippen molar-refractivity contribution in [2.45, 2.75) is 13.3 Å². The highest BCUT2D eigenvalue weighted by molar-refractivity contribution is 5.68. The predicted molar refractivity (Wildman–Crippen MR) is 99.2 cm³/mol. The van der Waals surface area contributed by atoms with Crippen molar-refractivity contribution in [2.75, 3.05) is 49.5 Å². The van der Waals surface area contributed by atoms with Crippen LogP contribution in [0.25, 0.3) is 0 Å². The first-order valence-corrected chi connectivity index (χ1v) is 9.01. The summed E-state index contributed by atoms with van der Waals surface area (Å²) in [6, 6.07) is 6.71. The molecule has 8 nitrogen and oxygen atoms in total. The summed E-state index contributed by atoms with van der Waals surface area (Å²) < 4.78 is 18.7. The van der Waals surface area contributed by atoms with Crippen LogP contribution in [0.4, 0.5) is 21.0 Å². The van der Waals surface area contributed by atoms with E-state index in [1.165, 1.54) is 6.07 Å². The van der Waals surface area contributed by atoms with Crippen molar-refractivity contribution < 1.29 is 13.9 Å². The molecule has 0 unspecified atom stereocenters. The number of nitrogens with one attached hydrogen (secondary N) is 1. The standard InChI is InChI=1S/C18H23FN6O2/c1-2-27-18(26)25-11-9-24(10-12-25)17-22-16(13-21-23-17)20-8-7-14-5-3-4-6-15(14)19/h3-6,13H,2,7-12H2,1H3,(H,20,22,23). The summed E-state index contributed by atoms with van der Waals surface area (Å²) in [4.78, 5) is 19.9. The Hall–Kier alpha value is -2.97. The van der Waals surface area contributed by atoms with Crippen molar-refractivity contribution in [1.82, 2.24) is 20.1 Å². The molecule has 144 valence electrons. The summed E-state index contributed by atoms with van der Waals surface area (Å²) >= 11 is 0. The van der Waals surface area contributed by atoms with E-state index in [4.69, 9.17) is 4.74 Å². The lowest BCUT2D eigenvalue weighted by molar-refractivity contribution is 0.105. The summed E-state index contributed by atoms with van der Waals surface area (Å²) in [5.74, 6) is 0.888. The maximum absolute atomic E-state index is 13.6. The molecule has 0 aliphatic carbocycles. The number of benzene rings is 1. The van der Waals surface area contributed by atoms with E-state index < -0.39 is 0 Å². The number of nitrogens with zero attached hydrogens (tertiary/aromatic N) is 5. The first kappa shape index (κ1) is 18.8. The van der Waals surface area contributed by atoms with Gasteiger partial charge in [0.15, 0.2) is 5.82 Å². The first-order valence-electron chi connectivity index (χ1n) is 9.01. The third kappa shape index (κ3) is 5.02. The first-order chi connectivity index (χ1) is 13.2. The molecule has 1 aromatic carbocycles. The average molecular weight is 374 g/mol. The topological polar surface area (TPSA) is 83.5 Å². The van der Waals surface area contributed by atoms with Crippen LogP contribution in [-0.2, 0) is 11.2 Å². The summed E-state index contributed by atoms with van der Waals surface area (Å²) in [5.41, 5.74) is 0.655. The minimum atomic E-state index is -0.292. The van der Waals surface area contributed by atoms with Gasteiger partial charge in [-0.1, -0.05) is 18.2 Å².